The van der Waals surface area contributed by atoms with Crippen molar-refractivity contribution in [3.63, 3.8) is 0 Å². The molecule has 1 rings (SSSR count). The van der Waals surface area contributed by atoms with E-state index >= 15 is 0 Å². The molecule has 0 radical (unpaired) electrons. The van der Waals surface area contributed by atoms with Crippen LogP contribution in [0.15, 0.2) is 23.3 Å². The van der Waals surface area contributed by atoms with Gasteiger partial charge in [-0.15, -0.1) is 0 Å². The molecular weight excluding hydrogens is 180 g/mol. The molecule has 0 spiro atoms. The van der Waals surface area contributed by atoms with Crippen molar-refractivity contribution in [3.8, 4) is 0 Å². The summed E-state index contributed by atoms with van der Waals surface area (Å²) in [6, 6.07) is -0.783. The van der Waals surface area contributed by atoms with E-state index in [4.69, 9.17) is 16.6 Å². The van der Waals surface area contributed by atoms with Crippen LogP contribution >= 0.6 is 0 Å². The number of rotatable bonds is 4. The lowest BCUT2D eigenvalue weighted by Gasteiger charge is -2.15. The summed E-state index contributed by atoms with van der Waals surface area (Å²) in [4.78, 5) is 10.5. The highest BCUT2D eigenvalue weighted by atomic mass is 16.4. The van der Waals surface area contributed by atoms with E-state index in [2.05, 4.69) is 0 Å². The minimum absolute atomic E-state index is 0.434. The van der Waals surface area contributed by atoms with Gasteiger partial charge < -0.3 is 16.6 Å². The van der Waals surface area contributed by atoms with Crippen molar-refractivity contribution in [2.24, 2.45) is 11.5 Å². The van der Waals surface area contributed by atoms with E-state index in [-0.39, 0.29) is 0 Å². The predicted molar refractivity (Wildman–Crippen MR) is 54.7 cm³/mol. The van der Waals surface area contributed by atoms with Crippen LogP contribution in [0.1, 0.15) is 19.3 Å². The van der Waals surface area contributed by atoms with Gasteiger partial charge in [-0.25, -0.2) is 0 Å². The van der Waals surface area contributed by atoms with Gasteiger partial charge in [-0.3, -0.25) is 4.79 Å². The van der Waals surface area contributed by atoms with Crippen LogP contribution in [0.3, 0.4) is 0 Å². The average molecular weight is 196 g/mol. The molecule has 1 aliphatic carbocycles. The number of allylic oxidation sites excluding steroid dienone is 2. The number of hydrogen-bond acceptors (Lipinski definition) is 3. The molecule has 0 aromatic heterocycles. The van der Waals surface area contributed by atoms with Gasteiger partial charge in [-0.05, 0) is 19.3 Å². The number of hydrogen-bond donors (Lipinski definition) is 3. The summed E-state index contributed by atoms with van der Waals surface area (Å²) >= 11 is 0. The maximum absolute atomic E-state index is 10.5. The quantitative estimate of drug-likeness (QED) is 0.607. The second-order valence-corrected chi connectivity index (χ2v) is 3.50. The first-order valence-corrected chi connectivity index (χ1v) is 4.69. The van der Waals surface area contributed by atoms with Crippen LogP contribution in [0.4, 0.5) is 0 Å². The summed E-state index contributed by atoms with van der Waals surface area (Å²) in [6.07, 6.45) is 6.14. The number of carbonyl (C=O) groups is 1. The van der Waals surface area contributed by atoms with Crippen molar-refractivity contribution >= 4 is 5.97 Å². The Labute approximate surface area is 83.3 Å². The monoisotopic (exact) mass is 196 g/mol. The zero-order valence-electron chi connectivity index (χ0n) is 8.07. The average Bonchev–Trinajstić information content (AvgIpc) is 2.19. The van der Waals surface area contributed by atoms with Crippen LogP contribution in [0, 0.1) is 0 Å². The summed E-state index contributed by atoms with van der Waals surface area (Å²) in [6.45, 7) is 0.578. The van der Waals surface area contributed by atoms with Crippen molar-refractivity contribution in [1.29, 1.82) is 0 Å². The van der Waals surface area contributed by atoms with Gasteiger partial charge in [-0.1, -0.05) is 23.3 Å². The van der Waals surface area contributed by atoms with Gasteiger partial charge in [0.2, 0.25) is 0 Å². The maximum Gasteiger partial charge on any atom is 0.320 e. The number of carboxylic acids is 1. The van der Waals surface area contributed by atoms with Gasteiger partial charge in [0.25, 0.3) is 0 Å². The molecule has 0 aromatic rings. The van der Waals surface area contributed by atoms with Gasteiger partial charge in [-0.2, -0.15) is 0 Å². The summed E-state index contributed by atoms with van der Waals surface area (Å²) < 4.78 is 0. The van der Waals surface area contributed by atoms with E-state index in [0.717, 1.165) is 18.4 Å². The molecule has 0 aromatic carbocycles. The second-order valence-electron chi connectivity index (χ2n) is 3.50. The third-order valence-electron chi connectivity index (χ3n) is 2.38. The highest BCUT2D eigenvalue weighted by Crippen LogP contribution is 2.20. The van der Waals surface area contributed by atoms with Gasteiger partial charge in [0.1, 0.15) is 6.04 Å². The summed E-state index contributed by atoms with van der Waals surface area (Å²) in [5, 5.41) is 8.62. The topological polar surface area (TPSA) is 89.3 Å². The molecular formula is C10H16N2O2. The Morgan fingerprint density at radius 3 is 2.43 bits per heavy atom. The molecule has 0 aliphatic heterocycles. The third-order valence-corrected chi connectivity index (χ3v) is 2.38. The number of carboxylic acid groups (broad SMARTS) is 1. The van der Waals surface area contributed by atoms with Gasteiger partial charge in [0.15, 0.2) is 0 Å². The van der Waals surface area contributed by atoms with E-state index in [0.29, 0.717) is 13.0 Å². The first-order chi connectivity index (χ1) is 6.63. The smallest absolute Gasteiger partial charge is 0.320 e. The molecule has 1 atom stereocenters. The van der Waals surface area contributed by atoms with Crippen molar-refractivity contribution in [2.45, 2.75) is 25.3 Å². The highest BCUT2D eigenvalue weighted by molar-refractivity contribution is 5.73. The Kier molecular flexibility index (Phi) is 3.85. The Balaban J connectivity index is 2.52. The van der Waals surface area contributed by atoms with Gasteiger partial charge in [0.05, 0.1) is 0 Å². The van der Waals surface area contributed by atoms with Gasteiger partial charge >= 0.3 is 5.97 Å². The maximum atomic E-state index is 10.5. The molecule has 0 fully saturated rings. The van der Waals surface area contributed by atoms with E-state index in [1.54, 1.807) is 0 Å². The van der Waals surface area contributed by atoms with Crippen molar-refractivity contribution in [3.05, 3.63) is 23.3 Å². The molecule has 78 valence electrons. The zero-order valence-corrected chi connectivity index (χ0v) is 8.07. The molecule has 14 heavy (non-hydrogen) atoms. The Morgan fingerprint density at radius 2 is 2.00 bits per heavy atom. The predicted octanol–water partition coefficient (Wildman–Crippen LogP) is 0.394. The molecule has 1 aliphatic rings. The molecule has 0 saturated carbocycles. The number of nitrogens with two attached hydrogens (primary N) is 2. The first-order valence-electron chi connectivity index (χ1n) is 4.69. The third kappa shape index (κ3) is 2.97. The first kappa shape index (κ1) is 10.9. The lowest BCUT2D eigenvalue weighted by Crippen LogP contribution is -2.30. The minimum atomic E-state index is -0.945. The van der Waals surface area contributed by atoms with E-state index in [1.807, 2.05) is 12.2 Å². The standard InChI is InChI=1S/C10H16N2O2/c11-6-8-3-1-7(2-4-8)5-9(12)10(13)14/h1,3,9H,2,4-6,11-12H2,(H,13,14). The van der Waals surface area contributed by atoms with Crippen LogP contribution in [0.25, 0.3) is 0 Å². The van der Waals surface area contributed by atoms with Crippen molar-refractivity contribution in [1.82, 2.24) is 0 Å². The van der Waals surface area contributed by atoms with E-state index < -0.39 is 12.0 Å². The fraction of sp³-hybridized carbons (Fsp3) is 0.500. The minimum Gasteiger partial charge on any atom is -0.480 e. The molecule has 0 saturated heterocycles. The Morgan fingerprint density at radius 1 is 1.43 bits per heavy atom. The molecule has 1 unspecified atom stereocenters. The van der Waals surface area contributed by atoms with Gasteiger partial charge in [0, 0.05) is 6.54 Å². The Bertz CT molecular complexity index is 282. The Hall–Kier alpha value is -1.13. The fourth-order valence-corrected chi connectivity index (χ4v) is 1.43. The molecule has 4 heteroatoms. The van der Waals surface area contributed by atoms with Crippen LogP contribution in [0.5, 0.6) is 0 Å². The second kappa shape index (κ2) is 4.93. The number of aliphatic carboxylic acids is 1. The highest BCUT2D eigenvalue weighted by Gasteiger charge is 2.14. The molecule has 5 N–H and O–H groups in total. The van der Waals surface area contributed by atoms with Crippen LogP contribution in [-0.4, -0.2) is 23.7 Å². The van der Waals surface area contributed by atoms with Crippen molar-refractivity contribution < 1.29 is 9.90 Å². The van der Waals surface area contributed by atoms with Crippen LogP contribution in [-0.2, 0) is 4.79 Å². The largest absolute Gasteiger partial charge is 0.480 e. The molecule has 0 amide bonds. The van der Waals surface area contributed by atoms with Crippen LogP contribution in [0.2, 0.25) is 0 Å². The summed E-state index contributed by atoms with van der Waals surface area (Å²) in [5.41, 5.74) is 13.2. The lowest BCUT2D eigenvalue weighted by molar-refractivity contribution is -0.138. The fourth-order valence-electron chi connectivity index (χ4n) is 1.43. The lowest BCUT2D eigenvalue weighted by atomic mass is 9.94. The molecule has 0 bridgehead atoms. The van der Waals surface area contributed by atoms with E-state index in [1.165, 1.54) is 5.57 Å². The SMILES string of the molecule is NCC1=CC=C(CC(N)C(=O)O)CC1. The van der Waals surface area contributed by atoms with E-state index in [9.17, 15) is 4.79 Å². The molecule has 4 nitrogen and oxygen atoms in total. The molecule has 0 heterocycles. The normalized spacial score (nSPS) is 18.4. The van der Waals surface area contributed by atoms with Crippen LogP contribution < -0.4 is 11.5 Å². The van der Waals surface area contributed by atoms with Crippen molar-refractivity contribution in [2.75, 3.05) is 6.54 Å². The summed E-state index contributed by atoms with van der Waals surface area (Å²) in [5.74, 6) is -0.945. The summed E-state index contributed by atoms with van der Waals surface area (Å²) in [7, 11) is 0. The zero-order chi connectivity index (χ0) is 10.6.